The molecule has 0 fully saturated rings. The van der Waals surface area contributed by atoms with E-state index in [4.69, 9.17) is 4.74 Å². The van der Waals surface area contributed by atoms with E-state index in [1.54, 1.807) is 0 Å². The van der Waals surface area contributed by atoms with Gasteiger partial charge in [-0.05, 0) is 18.4 Å². The number of esters is 1. The van der Waals surface area contributed by atoms with Crippen LogP contribution in [0.5, 0.6) is 0 Å². The van der Waals surface area contributed by atoms with E-state index in [0.717, 1.165) is 12.1 Å². The number of carbonyl (C=O) groups excluding carboxylic acids is 2. The van der Waals surface area contributed by atoms with Crippen LogP contribution in [0.4, 0.5) is 18.0 Å². The second-order valence-corrected chi connectivity index (χ2v) is 7.53. The number of methoxy groups -OCH3 is 1. The predicted molar refractivity (Wildman–Crippen MR) is 101 cm³/mol. The number of aromatic amines is 1. The molecule has 1 aromatic carbocycles. The molecule has 3 rings (SSSR count). The molecule has 2 heterocycles. The first-order valence-electron chi connectivity index (χ1n) is 9.55. The fourth-order valence-electron chi connectivity index (χ4n) is 3.62. The number of fused-ring (bicyclic) bond motifs is 1. The van der Waals surface area contributed by atoms with Crippen LogP contribution >= 0.6 is 0 Å². The summed E-state index contributed by atoms with van der Waals surface area (Å²) in [7, 11) is 1.22. The number of ether oxygens (including phenoxy) is 1. The Bertz CT molecular complexity index is 947. The zero-order chi connectivity index (χ0) is 22.0. The van der Waals surface area contributed by atoms with Crippen LogP contribution in [0.2, 0.25) is 0 Å². The Balaban J connectivity index is 1.97. The largest absolute Gasteiger partial charge is 0.467 e. The van der Waals surface area contributed by atoms with Crippen LogP contribution < -0.4 is 5.32 Å². The molecule has 0 radical (unpaired) electrons. The number of hydrogen-bond acceptors (Lipinski definition) is 4. The summed E-state index contributed by atoms with van der Waals surface area (Å²) in [6, 6.07) is -0.755. The normalized spacial score (nSPS) is 16.9. The van der Waals surface area contributed by atoms with E-state index < -0.39 is 41.5 Å². The maximum Gasteiger partial charge on any atom is 0.328 e. The van der Waals surface area contributed by atoms with Crippen molar-refractivity contribution >= 4 is 12.0 Å². The summed E-state index contributed by atoms with van der Waals surface area (Å²) in [6.07, 6.45) is 2.13. The number of carbonyl (C=O) groups is 2. The van der Waals surface area contributed by atoms with Gasteiger partial charge < -0.3 is 19.9 Å². The second kappa shape index (κ2) is 8.76. The third-order valence-electron chi connectivity index (χ3n) is 5.04. The molecule has 2 N–H and O–H groups in total. The van der Waals surface area contributed by atoms with E-state index in [0.29, 0.717) is 24.2 Å². The Morgan fingerprint density at radius 1 is 1.30 bits per heavy atom. The lowest BCUT2D eigenvalue weighted by Crippen LogP contribution is -2.52. The Labute approximate surface area is 171 Å². The second-order valence-electron chi connectivity index (χ2n) is 7.53. The molecule has 10 heteroatoms. The monoisotopic (exact) mass is 424 g/mol. The molecule has 0 saturated heterocycles. The van der Waals surface area contributed by atoms with E-state index in [1.165, 1.54) is 18.3 Å². The zero-order valence-corrected chi connectivity index (χ0v) is 16.8. The number of nitrogens with zero attached hydrogens (tertiary/aromatic N) is 2. The first-order chi connectivity index (χ1) is 14.2. The number of rotatable bonds is 5. The number of amides is 2. The van der Waals surface area contributed by atoms with Crippen LogP contribution in [0.25, 0.3) is 0 Å². The number of hydrogen-bond donors (Lipinski definition) is 2. The lowest BCUT2D eigenvalue weighted by Gasteiger charge is -2.36. The van der Waals surface area contributed by atoms with Crippen LogP contribution in [0, 0.1) is 23.4 Å². The van der Waals surface area contributed by atoms with E-state index in [2.05, 4.69) is 15.3 Å². The molecular weight excluding hydrogens is 401 g/mol. The van der Waals surface area contributed by atoms with Crippen molar-refractivity contribution in [1.29, 1.82) is 0 Å². The fourth-order valence-corrected chi connectivity index (χ4v) is 3.62. The lowest BCUT2D eigenvalue weighted by molar-refractivity contribution is -0.143. The minimum Gasteiger partial charge on any atom is -0.467 e. The summed E-state index contributed by atoms with van der Waals surface area (Å²) < 4.78 is 46.8. The van der Waals surface area contributed by atoms with Gasteiger partial charge >= 0.3 is 12.0 Å². The summed E-state index contributed by atoms with van der Waals surface area (Å²) in [6.45, 7) is 3.93. The third-order valence-corrected chi connectivity index (χ3v) is 5.04. The molecule has 2 aromatic rings. The van der Waals surface area contributed by atoms with E-state index in [1.807, 2.05) is 13.8 Å². The smallest absolute Gasteiger partial charge is 0.328 e. The number of halogens is 3. The zero-order valence-electron chi connectivity index (χ0n) is 16.8. The summed E-state index contributed by atoms with van der Waals surface area (Å²) >= 11 is 0. The standard InChI is InChI=1S/C20H23F3N4O3/c1-10(2)8-14(19(28)30-3)26-20(29)27-7-6-13-17(25-9-24-13)18(27)11-4-5-12(21)16(23)15(11)22/h4-5,9-10,14,18H,6-8H2,1-3H3,(H,24,25)(H,26,29)/t14-,18+/m0/s1. The highest BCUT2D eigenvalue weighted by atomic mass is 19.2. The summed E-state index contributed by atoms with van der Waals surface area (Å²) in [5, 5.41) is 2.62. The van der Waals surface area contributed by atoms with Gasteiger partial charge in [0.1, 0.15) is 12.1 Å². The van der Waals surface area contributed by atoms with Gasteiger partial charge in [0.25, 0.3) is 0 Å². The Hall–Kier alpha value is -3.04. The molecule has 0 saturated carbocycles. The predicted octanol–water partition coefficient (Wildman–Crippen LogP) is 3.07. The maximum absolute atomic E-state index is 14.6. The Morgan fingerprint density at radius 3 is 2.70 bits per heavy atom. The van der Waals surface area contributed by atoms with Gasteiger partial charge in [0, 0.05) is 24.2 Å². The van der Waals surface area contributed by atoms with Crippen molar-refractivity contribution in [2.24, 2.45) is 5.92 Å². The number of H-pyrrole nitrogens is 1. The number of urea groups is 1. The average molecular weight is 424 g/mol. The van der Waals surface area contributed by atoms with Crippen molar-refractivity contribution in [2.45, 2.75) is 38.8 Å². The molecule has 7 nitrogen and oxygen atoms in total. The Morgan fingerprint density at radius 2 is 2.03 bits per heavy atom. The van der Waals surface area contributed by atoms with Crippen LogP contribution in [-0.4, -0.2) is 46.6 Å². The third kappa shape index (κ3) is 4.12. The van der Waals surface area contributed by atoms with Gasteiger partial charge in [0.05, 0.1) is 19.1 Å². The topological polar surface area (TPSA) is 87.3 Å². The molecule has 2 atom stereocenters. The first-order valence-corrected chi connectivity index (χ1v) is 9.55. The molecule has 1 aliphatic rings. The van der Waals surface area contributed by atoms with Crippen LogP contribution in [0.15, 0.2) is 18.5 Å². The summed E-state index contributed by atoms with van der Waals surface area (Å²) in [5.41, 5.74) is 0.773. The molecule has 30 heavy (non-hydrogen) atoms. The molecule has 0 unspecified atom stereocenters. The van der Waals surface area contributed by atoms with Crippen molar-refractivity contribution < 1.29 is 27.5 Å². The first kappa shape index (κ1) is 21.7. The lowest BCUT2D eigenvalue weighted by atomic mass is 9.95. The number of nitrogens with one attached hydrogen (secondary N) is 2. The highest BCUT2D eigenvalue weighted by molar-refractivity contribution is 5.84. The van der Waals surface area contributed by atoms with Crippen LogP contribution in [-0.2, 0) is 16.0 Å². The van der Waals surface area contributed by atoms with Gasteiger partial charge in [0.15, 0.2) is 17.5 Å². The molecule has 162 valence electrons. The van der Waals surface area contributed by atoms with Crippen molar-refractivity contribution in [1.82, 2.24) is 20.2 Å². The van der Waals surface area contributed by atoms with Crippen molar-refractivity contribution in [2.75, 3.05) is 13.7 Å². The molecule has 1 aromatic heterocycles. The molecule has 2 amide bonds. The van der Waals surface area contributed by atoms with Crippen LogP contribution in [0.3, 0.4) is 0 Å². The SMILES string of the molecule is COC(=O)[C@H](CC(C)C)NC(=O)N1CCc2[nH]cnc2[C@H]1c1ccc(F)c(F)c1F. The van der Waals surface area contributed by atoms with Crippen molar-refractivity contribution in [3.8, 4) is 0 Å². The highest BCUT2D eigenvalue weighted by Gasteiger charge is 2.38. The van der Waals surface area contributed by atoms with E-state index in [-0.39, 0.29) is 18.0 Å². The van der Waals surface area contributed by atoms with E-state index >= 15 is 0 Å². The quantitative estimate of drug-likeness (QED) is 0.571. The van der Waals surface area contributed by atoms with Crippen molar-refractivity contribution in [3.63, 3.8) is 0 Å². The minimum absolute atomic E-state index is 0.0909. The van der Waals surface area contributed by atoms with Crippen LogP contribution in [0.1, 0.15) is 43.3 Å². The highest BCUT2D eigenvalue weighted by Crippen LogP contribution is 2.35. The molecule has 1 aliphatic heterocycles. The number of benzene rings is 1. The Kier molecular flexibility index (Phi) is 6.33. The fraction of sp³-hybridized carbons (Fsp3) is 0.450. The maximum atomic E-state index is 14.6. The number of aromatic nitrogens is 2. The van der Waals surface area contributed by atoms with Gasteiger partial charge in [-0.1, -0.05) is 19.9 Å². The van der Waals surface area contributed by atoms with Crippen molar-refractivity contribution in [3.05, 3.63) is 52.9 Å². The van der Waals surface area contributed by atoms with Gasteiger partial charge in [-0.15, -0.1) is 0 Å². The minimum atomic E-state index is -1.62. The molecule has 0 aliphatic carbocycles. The summed E-state index contributed by atoms with van der Waals surface area (Å²) in [4.78, 5) is 33.5. The van der Waals surface area contributed by atoms with Gasteiger partial charge in [-0.3, -0.25) is 0 Å². The van der Waals surface area contributed by atoms with Gasteiger partial charge in [-0.2, -0.15) is 0 Å². The number of imidazole rings is 1. The van der Waals surface area contributed by atoms with Gasteiger partial charge in [-0.25, -0.2) is 27.7 Å². The van der Waals surface area contributed by atoms with Gasteiger partial charge in [0.2, 0.25) is 0 Å². The average Bonchev–Trinajstić information content (AvgIpc) is 3.19. The molecular formula is C20H23F3N4O3. The summed E-state index contributed by atoms with van der Waals surface area (Å²) in [5.74, 6) is -4.85. The molecule has 0 bridgehead atoms. The molecule has 0 spiro atoms. The van der Waals surface area contributed by atoms with E-state index in [9.17, 15) is 22.8 Å².